The average Bonchev–Trinajstić information content (AvgIpc) is 1.88. The van der Waals surface area contributed by atoms with Crippen LogP contribution in [0.3, 0.4) is 0 Å². The standard InChI is InChI=1S/C6H6N2O2/c7-6(10)4-1-2-5(9)8-3-4/h1-4H,(H2,7,10). The molecule has 52 valence electrons. The first-order valence-corrected chi connectivity index (χ1v) is 2.76. The number of hydrogen-bond acceptors (Lipinski definition) is 2. The first kappa shape index (κ1) is 6.67. The van der Waals surface area contributed by atoms with Crippen LogP contribution in [0.4, 0.5) is 0 Å². The van der Waals surface area contributed by atoms with Gasteiger partial charge in [-0.25, -0.2) is 4.99 Å². The Morgan fingerprint density at radius 1 is 1.70 bits per heavy atom. The molecule has 1 aliphatic heterocycles. The van der Waals surface area contributed by atoms with Crippen LogP contribution in [0.2, 0.25) is 0 Å². The van der Waals surface area contributed by atoms with Gasteiger partial charge >= 0.3 is 0 Å². The fraction of sp³-hybridized carbons (Fsp3) is 0.167. The molecule has 0 bridgehead atoms. The molecule has 1 heterocycles. The van der Waals surface area contributed by atoms with Gasteiger partial charge in [0.05, 0.1) is 5.92 Å². The second-order valence-electron chi connectivity index (χ2n) is 1.90. The van der Waals surface area contributed by atoms with Gasteiger partial charge in [-0.3, -0.25) is 9.59 Å². The number of rotatable bonds is 1. The van der Waals surface area contributed by atoms with Gasteiger partial charge in [-0.1, -0.05) is 6.08 Å². The number of carbonyl (C=O) groups is 2. The molecule has 0 aromatic rings. The smallest absolute Gasteiger partial charge is 0.269 e. The summed E-state index contributed by atoms with van der Waals surface area (Å²) in [7, 11) is 0. The number of nitrogens with two attached hydrogens (primary N) is 1. The molecule has 4 nitrogen and oxygen atoms in total. The summed E-state index contributed by atoms with van der Waals surface area (Å²) in [5, 5.41) is 0. The fourth-order valence-corrected chi connectivity index (χ4v) is 0.601. The normalized spacial score (nSPS) is 23.2. The van der Waals surface area contributed by atoms with Crippen molar-refractivity contribution in [3.63, 3.8) is 0 Å². The summed E-state index contributed by atoms with van der Waals surface area (Å²) in [6.07, 6.45) is 3.90. The van der Waals surface area contributed by atoms with Gasteiger partial charge in [-0.05, 0) is 0 Å². The van der Waals surface area contributed by atoms with Crippen LogP contribution in [0.5, 0.6) is 0 Å². The Balaban J connectivity index is 2.71. The number of primary amides is 1. The van der Waals surface area contributed by atoms with Gasteiger partial charge in [0.2, 0.25) is 5.91 Å². The topological polar surface area (TPSA) is 72.5 Å². The van der Waals surface area contributed by atoms with E-state index in [-0.39, 0.29) is 5.91 Å². The molecular weight excluding hydrogens is 132 g/mol. The third kappa shape index (κ3) is 1.28. The molecule has 4 heteroatoms. The molecule has 1 atom stereocenters. The van der Waals surface area contributed by atoms with Gasteiger partial charge in [-0.2, -0.15) is 0 Å². The van der Waals surface area contributed by atoms with Gasteiger partial charge in [0.25, 0.3) is 5.91 Å². The predicted octanol–water partition coefficient (Wildman–Crippen LogP) is -0.745. The quantitative estimate of drug-likeness (QED) is 0.518. The lowest BCUT2D eigenvalue weighted by atomic mass is 10.1. The van der Waals surface area contributed by atoms with Crippen molar-refractivity contribution < 1.29 is 9.59 Å². The van der Waals surface area contributed by atoms with Crippen molar-refractivity contribution in [3.8, 4) is 0 Å². The summed E-state index contributed by atoms with van der Waals surface area (Å²) >= 11 is 0. The third-order valence-electron chi connectivity index (χ3n) is 1.14. The highest BCUT2D eigenvalue weighted by molar-refractivity contribution is 6.04. The molecule has 2 N–H and O–H groups in total. The Bertz CT molecular complexity index is 214. The molecule has 1 unspecified atom stereocenters. The average molecular weight is 138 g/mol. The molecule has 0 saturated heterocycles. The van der Waals surface area contributed by atoms with Gasteiger partial charge in [0.1, 0.15) is 0 Å². The van der Waals surface area contributed by atoms with Crippen molar-refractivity contribution in [1.29, 1.82) is 0 Å². The Morgan fingerprint density at radius 3 is 2.80 bits per heavy atom. The van der Waals surface area contributed by atoms with Crippen molar-refractivity contribution >= 4 is 18.0 Å². The molecule has 0 spiro atoms. The minimum atomic E-state index is -0.516. The second-order valence-corrected chi connectivity index (χ2v) is 1.90. The van der Waals surface area contributed by atoms with E-state index in [9.17, 15) is 9.59 Å². The number of nitrogens with zero attached hydrogens (tertiary/aromatic N) is 1. The Kier molecular flexibility index (Phi) is 1.62. The zero-order valence-electron chi connectivity index (χ0n) is 5.15. The maximum Gasteiger partial charge on any atom is 0.269 e. The maximum atomic E-state index is 10.4. The van der Waals surface area contributed by atoms with Gasteiger partial charge in [0.15, 0.2) is 0 Å². The zero-order chi connectivity index (χ0) is 7.56. The fourth-order valence-electron chi connectivity index (χ4n) is 0.601. The van der Waals surface area contributed by atoms with E-state index in [2.05, 4.69) is 4.99 Å². The summed E-state index contributed by atoms with van der Waals surface area (Å²) in [6.45, 7) is 0. The highest BCUT2D eigenvalue weighted by Gasteiger charge is 2.12. The first-order valence-electron chi connectivity index (χ1n) is 2.76. The minimum absolute atomic E-state index is 0.350. The number of hydrogen-bond donors (Lipinski definition) is 1. The van der Waals surface area contributed by atoms with E-state index in [1.54, 1.807) is 0 Å². The third-order valence-corrected chi connectivity index (χ3v) is 1.14. The molecule has 0 aromatic heterocycles. The van der Waals surface area contributed by atoms with E-state index in [1.807, 2.05) is 0 Å². The lowest BCUT2D eigenvalue weighted by Crippen LogP contribution is -2.24. The monoisotopic (exact) mass is 138 g/mol. The molecular formula is C6H6N2O2. The maximum absolute atomic E-state index is 10.4. The van der Waals surface area contributed by atoms with Crippen molar-refractivity contribution in [1.82, 2.24) is 0 Å². The van der Waals surface area contributed by atoms with Crippen molar-refractivity contribution in [2.45, 2.75) is 0 Å². The van der Waals surface area contributed by atoms with Crippen molar-refractivity contribution in [2.24, 2.45) is 16.6 Å². The molecule has 0 aromatic carbocycles. The minimum Gasteiger partial charge on any atom is -0.369 e. The molecule has 2 amide bonds. The van der Waals surface area contributed by atoms with E-state index in [0.29, 0.717) is 0 Å². The van der Waals surface area contributed by atoms with Crippen LogP contribution in [-0.2, 0) is 9.59 Å². The van der Waals surface area contributed by atoms with Crippen molar-refractivity contribution in [2.75, 3.05) is 0 Å². The van der Waals surface area contributed by atoms with Gasteiger partial charge < -0.3 is 5.73 Å². The largest absolute Gasteiger partial charge is 0.369 e. The van der Waals surface area contributed by atoms with Crippen LogP contribution >= 0.6 is 0 Å². The number of dihydropyridines is 1. The summed E-state index contributed by atoms with van der Waals surface area (Å²) < 4.78 is 0. The number of aliphatic imine (C=N–C) groups is 1. The summed E-state index contributed by atoms with van der Waals surface area (Å²) in [5.74, 6) is -1.36. The predicted molar refractivity (Wildman–Crippen MR) is 35.3 cm³/mol. The van der Waals surface area contributed by atoms with E-state index >= 15 is 0 Å². The van der Waals surface area contributed by atoms with Crippen LogP contribution in [0, 0.1) is 5.92 Å². The van der Waals surface area contributed by atoms with Crippen molar-refractivity contribution in [3.05, 3.63) is 12.2 Å². The Hall–Kier alpha value is -1.45. The molecule has 0 aliphatic carbocycles. The molecule has 0 saturated carbocycles. The van der Waals surface area contributed by atoms with Crippen LogP contribution in [0.1, 0.15) is 0 Å². The van der Waals surface area contributed by atoms with Crippen LogP contribution < -0.4 is 5.73 Å². The molecule has 10 heavy (non-hydrogen) atoms. The number of carbonyl (C=O) groups excluding carboxylic acids is 2. The highest BCUT2D eigenvalue weighted by Crippen LogP contribution is 1.99. The Labute approximate surface area is 57.4 Å². The first-order chi connectivity index (χ1) is 4.70. The van der Waals surface area contributed by atoms with Gasteiger partial charge in [0, 0.05) is 12.3 Å². The lowest BCUT2D eigenvalue weighted by molar-refractivity contribution is -0.118. The molecule has 1 aliphatic rings. The van der Waals surface area contributed by atoms with Crippen LogP contribution in [0.15, 0.2) is 17.1 Å². The highest BCUT2D eigenvalue weighted by atomic mass is 16.2. The SMILES string of the molecule is NC(=O)C1C=CC(=O)N=C1. The lowest BCUT2D eigenvalue weighted by Gasteiger charge is -2.02. The van der Waals surface area contributed by atoms with Crippen LogP contribution in [0.25, 0.3) is 0 Å². The van der Waals surface area contributed by atoms with E-state index in [1.165, 1.54) is 18.4 Å². The second kappa shape index (κ2) is 2.43. The summed E-state index contributed by atoms with van der Waals surface area (Å²) in [5.41, 5.74) is 4.92. The van der Waals surface area contributed by atoms with E-state index in [4.69, 9.17) is 5.73 Å². The molecule has 0 radical (unpaired) electrons. The van der Waals surface area contributed by atoms with E-state index < -0.39 is 11.8 Å². The summed E-state index contributed by atoms with van der Waals surface area (Å²) in [4.78, 5) is 24.2. The zero-order valence-corrected chi connectivity index (χ0v) is 5.15. The molecule has 0 fully saturated rings. The summed E-state index contributed by atoms with van der Waals surface area (Å²) in [6, 6.07) is 0. The Morgan fingerprint density at radius 2 is 2.40 bits per heavy atom. The number of amides is 2. The van der Waals surface area contributed by atoms with Crippen LogP contribution in [-0.4, -0.2) is 18.0 Å². The van der Waals surface area contributed by atoms with E-state index in [0.717, 1.165) is 0 Å². The van der Waals surface area contributed by atoms with Gasteiger partial charge in [-0.15, -0.1) is 0 Å². The molecule has 1 rings (SSSR count).